The number of alkyl halides is 3. The van der Waals surface area contributed by atoms with Crippen molar-refractivity contribution in [3.63, 3.8) is 0 Å². The van der Waals surface area contributed by atoms with Crippen LogP contribution in [0, 0.1) is 0 Å². The molecule has 1 atom stereocenters. The summed E-state index contributed by atoms with van der Waals surface area (Å²) in [5.74, 6) is -1.26. The Hall–Kier alpha value is -2.63. The van der Waals surface area contributed by atoms with Crippen LogP contribution < -0.4 is 10.0 Å². The summed E-state index contributed by atoms with van der Waals surface area (Å²) in [5, 5.41) is 3.09. The van der Waals surface area contributed by atoms with Crippen LogP contribution in [0.5, 0.6) is 0 Å². The van der Waals surface area contributed by atoms with Gasteiger partial charge in [-0.1, -0.05) is 35.9 Å². The van der Waals surface area contributed by atoms with Crippen LogP contribution in [0.2, 0.25) is 5.02 Å². The molecule has 12 heteroatoms. The van der Waals surface area contributed by atoms with Crippen molar-refractivity contribution in [2.75, 3.05) is 10.0 Å². The maximum absolute atomic E-state index is 12.6. The molecule has 0 bridgehead atoms. The number of aromatic nitrogens is 1. The van der Waals surface area contributed by atoms with Crippen molar-refractivity contribution in [3.05, 3.63) is 70.2 Å². The van der Waals surface area contributed by atoms with E-state index >= 15 is 0 Å². The van der Waals surface area contributed by atoms with Gasteiger partial charge in [-0.3, -0.25) is 9.52 Å². The van der Waals surface area contributed by atoms with Gasteiger partial charge in [0.05, 0.1) is 10.9 Å². The first-order chi connectivity index (χ1) is 14.5. The van der Waals surface area contributed by atoms with Crippen LogP contribution in [0.3, 0.4) is 0 Å². The van der Waals surface area contributed by atoms with E-state index in [-0.39, 0.29) is 20.7 Å². The predicted molar refractivity (Wildman–Crippen MR) is 113 cm³/mol. The highest BCUT2D eigenvalue weighted by molar-refractivity contribution is 7.92. The number of halogens is 4. The number of rotatable bonds is 6. The zero-order valence-corrected chi connectivity index (χ0v) is 18.2. The highest BCUT2D eigenvalue weighted by atomic mass is 35.5. The largest absolute Gasteiger partial charge is 0.434 e. The molecule has 0 saturated heterocycles. The highest BCUT2D eigenvalue weighted by Gasteiger charge is 2.34. The number of carbonyl (C=O) groups excluding carboxylic acids is 1. The maximum atomic E-state index is 12.6. The van der Waals surface area contributed by atoms with E-state index in [0.29, 0.717) is 16.9 Å². The molecule has 2 N–H and O–H groups in total. The van der Waals surface area contributed by atoms with E-state index in [2.05, 4.69) is 15.0 Å². The third kappa shape index (κ3) is 5.54. The first kappa shape index (κ1) is 23.0. The van der Waals surface area contributed by atoms with Crippen LogP contribution in [-0.2, 0) is 21.0 Å². The number of hydrogen-bond acceptors (Lipinski definition) is 5. The summed E-state index contributed by atoms with van der Waals surface area (Å²) in [6.07, 6.45) is -4.59. The van der Waals surface area contributed by atoms with Gasteiger partial charge in [0.2, 0.25) is 5.91 Å². The molecule has 164 valence electrons. The Morgan fingerprint density at radius 3 is 2.35 bits per heavy atom. The molecule has 1 heterocycles. The summed E-state index contributed by atoms with van der Waals surface area (Å²) < 4.78 is 65.2. The van der Waals surface area contributed by atoms with E-state index in [4.69, 9.17) is 11.6 Å². The molecular weight excluding hydrogens is 475 g/mol. The Balaban J connectivity index is 1.68. The zero-order chi connectivity index (χ0) is 22.8. The monoisotopic (exact) mass is 489 g/mol. The van der Waals surface area contributed by atoms with Crippen LogP contribution >= 0.6 is 22.9 Å². The second kappa shape index (κ2) is 8.85. The zero-order valence-electron chi connectivity index (χ0n) is 15.8. The van der Waals surface area contributed by atoms with Crippen molar-refractivity contribution in [3.8, 4) is 0 Å². The van der Waals surface area contributed by atoms with E-state index in [1.165, 1.54) is 36.4 Å². The van der Waals surface area contributed by atoms with Gasteiger partial charge < -0.3 is 5.32 Å². The number of anilines is 2. The van der Waals surface area contributed by atoms with E-state index in [0.717, 1.165) is 5.38 Å². The molecule has 31 heavy (non-hydrogen) atoms. The van der Waals surface area contributed by atoms with Crippen molar-refractivity contribution < 1.29 is 26.4 Å². The first-order valence-electron chi connectivity index (χ1n) is 8.68. The third-order valence-electron chi connectivity index (χ3n) is 4.21. The SMILES string of the molecule is C[C@@H](C(=O)Nc1nc(C(F)(F)F)cs1)c1ccc(NS(=O)(=O)c2ccccc2Cl)cc1. The fourth-order valence-corrected chi connectivity index (χ4v) is 4.84. The van der Waals surface area contributed by atoms with Crippen molar-refractivity contribution in [2.45, 2.75) is 23.9 Å². The van der Waals surface area contributed by atoms with Crippen LogP contribution in [0.4, 0.5) is 24.0 Å². The summed E-state index contributed by atoms with van der Waals surface area (Å²) >= 11 is 6.61. The molecule has 1 aromatic heterocycles. The van der Waals surface area contributed by atoms with Gasteiger partial charge in [0, 0.05) is 11.1 Å². The number of hydrogen-bond donors (Lipinski definition) is 2. The number of carbonyl (C=O) groups is 1. The average Bonchev–Trinajstić information content (AvgIpc) is 3.17. The molecule has 0 fully saturated rings. The van der Waals surface area contributed by atoms with Crippen LogP contribution in [0.1, 0.15) is 24.1 Å². The molecule has 0 radical (unpaired) electrons. The lowest BCUT2D eigenvalue weighted by atomic mass is 10.0. The van der Waals surface area contributed by atoms with E-state index in [1.54, 1.807) is 19.1 Å². The van der Waals surface area contributed by atoms with E-state index < -0.39 is 33.7 Å². The Labute approximate surface area is 185 Å². The fourth-order valence-electron chi connectivity index (χ4n) is 2.54. The lowest BCUT2D eigenvalue weighted by molar-refractivity contribution is -0.140. The molecule has 0 aliphatic heterocycles. The molecule has 0 aliphatic carbocycles. The van der Waals surface area contributed by atoms with Crippen LogP contribution in [0.25, 0.3) is 0 Å². The number of sulfonamides is 1. The van der Waals surface area contributed by atoms with Crippen LogP contribution in [0.15, 0.2) is 58.8 Å². The molecule has 2 aromatic carbocycles. The number of amides is 1. The molecule has 0 unspecified atom stereocenters. The summed E-state index contributed by atoms with van der Waals surface area (Å²) in [4.78, 5) is 15.6. The standard InChI is InChI=1S/C19H15ClF3N3O3S2/c1-11(17(27)25-18-24-16(10-30-18)19(21,22)23)12-6-8-13(9-7-12)26-31(28,29)15-5-3-2-4-14(15)20/h2-11,26H,1H3,(H,24,25,27)/t11-/m1/s1. The van der Waals surface area contributed by atoms with Crippen molar-refractivity contribution >= 4 is 49.7 Å². The van der Waals surface area contributed by atoms with Gasteiger partial charge in [-0.15, -0.1) is 11.3 Å². The average molecular weight is 490 g/mol. The Bertz CT molecular complexity index is 1200. The molecule has 3 rings (SSSR count). The summed E-state index contributed by atoms with van der Waals surface area (Å²) in [5.41, 5.74) is -0.285. The topological polar surface area (TPSA) is 88.2 Å². The Morgan fingerprint density at radius 2 is 1.77 bits per heavy atom. The molecule has 0 saturated carbocycles. The summed E-state index contributed by atoms with van der Waals surface area (Å²) in [6.45, 7) is 1.57. The van der Waals surface area contributed by atoms with Gasteiger partial charge in [-0.2, -0.15) is 13.2 Å². The molecule has 1 amide bonds. The molecule has 6 nitrogen and oxygen atoms in total. The normalized spacial score (nSPS) is 12.9. The van der Waals surface area contributed by atoms with Gasteiger partial charge >= 0.3 is 6.18 Å². The van der Waals surface area contributed by atoms with Crippen molar-refractivity contribution in [1.82, 2.24) is 4.98 Å². The van der Waals surface area contributed by atoms with Gasteiger partial charge in [0.25, 0.3) is 10.0 Å². The Kier molecular flexibility index (Phi) is 6.58. The van der Waals surface area contributed by atoms with E-state index in [1.807, 2.05) is 0 Å². The van der Waals surface area contributed by atoms with Gasteiger partial charge in [-0.25, -0.2) is 13.4 Å². The molecular formula is C19H15ClF3N3O3S2. The summed E-state index contributed by atoms with van der Waals surface area (Å²) in [7, 11) is -3.90. The quantitative estimate of drug-likeness (QED) is 0.488. The highest BCUT2D eigenvalue weighted by Crippen LogP contribution is 2.32. The lowest BCUT2D eigenvalue weighted by Crippen LogP contribution is -2.19. The second-order valence-corrected chi connectivity index (χ2v) is 9.32. The minimum atomic E-state index is -4.59. The molecule has 3 aromatic rings. The number of nitrogens with one attached hydrogen (secondary N) is 2. The summed E-state index contributed by atoms with van der Waals surface area (Å²) in [6, 6.07) is 12.0. The minimum absolute atomic E-state index is 0.0739. The van der Waals surface area contributed by atoms with Gasteiger partial charge in [0.1, 0.15) is 4.90 Å². The molecule has 0 aliphatic rings. The molecule has 0 spiro atoms. The Morgan fingerprint density at radius 1 is 1.13 bits per heavy atom. The first-order valence-corrected chi connectivity index (χ1v) is 11.4. The van der Waals surface area contributed by atoms with Gasteiger partial charge in [-0.05, 0) is 36.8 Å². The lowest BCUT2D eigenvalue weighted by Gasteiger charge is -2.13. The van der Waals surface area contributed by atoms with Crippen molar-refractivity contribution in [2.24, 2.45) is 0 Å². The predicted octanol–water partition coefficient (Wildman–Crippen LogP) is 5.36. The van der Waals surface area contributed by atoms with Crippen molar-refractivity contribution in [1.29, 1.82) is 0 Å². The van der Waals surface area contributed by atoms with Gasteiger partial charge in [0.15, 0.2) is 10.8 Å². The number of thiazole rings is 1. The third-order valence-corrected chi connectivity index (χ3v) is 6.85. The minimum Gasteiger partial charge on any atom is -0.301 e. The number of benzene rings is 2. The second-order valence-electron chi connectivity index (χ2n) is 6.40. The maximum Gasteiger partial charge on any atom is 0.434 e. The number of nitrogens with zero attached hydrogens (tertiary/aromatic N) is 1. The van der Waals surface area contributed by atoms with E-state index in [9.17, 15) is 26.4 Å². The van der Waals surface area contributed by atoms with Crippen LogP contribution in [-0.4, -0.2) is 19.3 Å². The fraction of sp³-hybridized carbons (Fsp3) is 0.158. The smallest absolute Gasteiger partial charge is 0.301 e.